The van der Waals surface area contributed by atoms with Crippen LogP contribution in [0, 0.1) is 0 Å². The molecule has 0 radical (unpaired) electrons. The summed E-state index contributed by atoms with van der Waals surface area (Å²) in [5, 5.41) is 11.5. The van der Waals surface area contributed by atoms with Gasteiger partial charge in [-0.2, -0.15) is 0 Å². The van der Waals surface area contributed by atoms with Crippen LogP contribution < -0.4 is 0 Å². The molecule has 3 nitrogen and oxygen atoms in total. The van der Waals surface area contributed by atoms with E-state index in [0.29, 0.717) is 0 Å². The summed E-state index contributed by atoms with van der Waals surface area (Å²) in [5.74, 6) is 0.0388. The van der Waals surface area contributed by atoms with Gasteiger partial charge < -0.3 is 9.84 Å². The molecule has 0 heterocycles. The highest BCUT2D eigenvalue weighted by molar-refractivity contribution is 14.1. The largest absolute Gasteiger partial charge is 0.507 e. The summed E-state index contributed by atoms with van der Waals surface area (Å²) >= 11 is 4.24. The van der Waals surface area contributed by atoms with Gasteiger partial charge in [0.05, 0.1) is 0 Å². The van der Waals surface area contributed by atoms with Crippen molar-refractivity contribution in [2.45, 2.75) is 10.5 Å². The van der Waals surface area contributed by atoms with Crippen LogP contribution in [0.1, 0.15) is 5.56 Å². The second-order valence-electron chi connectivity index (χ2n) is 4.02. The second-order valence-corrected chi connectivity index (χ2v) is 6.40. The standard InChI is InChI=1S/C14H12I2O3/c15-7-12(16)14(18)19-8-9-3-1-5-11-10(9)4-2-6-13(11)17/h1-6,12,17H,7-8H2. The molecular formula is C14H12I2O3. The van der Waals surface area contributed by atoms with Crippen molar-refractivity contribution in [1.82, 2.24) is 0 Å². The van der Waals surface area contributed by atoms with E-state index in [1.165, 1.54) is 0 Å². The second kappa shape index (κ2) is 6.74. The number of hydrogen-bond donors (Lipinski definition) is 1. The van der Waals surface area contributed by atoms with E-state index in [-0.39, 0.29) is 22.3 Å². The first-order valence-corrected chi connectivity index (χ1v) is 8.47. The number of ether oxygens (including phenoxy) is 1. The summed E-state index contributed by atoms with van der Waals surface area (Å²) in [6, 6.07) is 11.0. The zero-order valence-corrected chi connectivity index (χ0v) is 14.3. The average Bonchev–Trinajstić information content (AvgIpc) is 2.44. The molecule has 0 aliphatic heterocycles. The number of esters is 1. The van der Waals surface area contributed by atoms with Crippen LogP contribution in [0.25, 0.3) is 10.8 Å². The number of halogens is 2. The van der Waals surface area contributed by atoms with E-state index in [2.05, 4.69) is 45.2 Å². The van der Waals surface area contributed by atoms with Gasteiger partial charge >= 0.3 is 5.97 Å². The van der Waals surface area contributed by atoms with Gasteiger partial charge in [0.25, 0.3) is 0 Å². The van der Waals surface area contributed by atoms with Crippen LogP contribution in [0.2, 0.25) is 0 Å². The first kappa shape index (κ1) is 14.8. The number of benzene rings is 2. The zero-order chi connectivity index (χ0) is 13.8. The minimum absolute atomic E-state index is 0.124. The third-order valence-corrected chi connectivity index (χ3v) is 6.27. The molecule has 1 atom stereocenters. The Labute approximate surface area is 138 Å². The zero-order valence-electron chi connectivity index (χ0n) is 9.98. The van der Waals surface area contributed by atoms with Gasteiger partial charge in [0.1, 0.15) is 16.3 Å². The number of carbonyl (C=O) groups is 1. The van der Waals surface area contributed by atoms with Crippen molar-refractivity contribution in [2.75, 3.05) is 4.43 Å². The predicted octanol–water partition coefficient (Wildman–Crippen LogP) is 3.83. The maximum Gasteiger partial charge on any atom is 0.320 e. The van der Waals surface area contributed by atoms with Gasteiger partial charge in [-0.15, -0.1) is 0 Å². The highest BCUT2D eigenvalue weighted by Gasteiger charge is 2.15. The molecule has 1 N–H and O–H groups in total. The molecule has 2 aromatic carbocycles. The van der Waals surface area contributed by atoms with Gasteiger partial charge in [-0.05, 0) is 17.0 Å². The molecule has 0 saturated carbocycles. The van der Waals surface area contributed by atoms with E-state index in [0.717, 1.165) is 20.8 Å². The van der Waals surface area contributed by atoms with Crippen molar-refractivity contribution >= 4 is 61.9 Å². The first-order valence-electron chi connectivity index (χ1n) is 5.69. The summed E-state index contributed by atoms with van der Waals surface area (Å²) in [4.78, 5) is 11.7. The van der Waals surface area contributed by atoms with Gasteiger partial charge in [-0.3, -0.25) is 4.79 Å². The minimum Gasteiger partial charge on any atom is -0.507 e. The van der Waals surface area contributed by atoms with Crippen LogP contribution in [-0.4, -0.2) is 19.4 Å². The van der Waals surface area contributed by atoms with Crippen LogP contribution >= 0.6 is 45.2 Å². The number of hydrogen-bond acceptors (Lipinski definition) is 3. The molecule has 0 bridgehead atoms. The van der Waals surface area contributed by atoms with Crippen LogP contribution in [-0.2, 0) is 16.1 Å². The summed E-state index contributed by atoms with van der Waals surface area (Å²) in [7, 11) is 0. The Hall–Kier alpha value is -0.570. The Balaban J connectivity index is 2.22. The van der Waals surface area contributed by atoms with Crippen LogP contribution in [0.15, 0.2) is 36.4 Å². The lowest BCUT2D eigenvalue weighted by Gasteiger charge is -2.10. The van der Waals surface area contributed by atoms with E-state index in [9.17, 15) is 9.90 Å². The van der Waals surface area contributed by atoms with Gasteiger partial charge in [0.2, 0.25) is 0 Å². The summed E-state index contributed by atoms with van der Waals surface area (Å²) in [6.45, 7) is 0.232. The summed E-state index contributed by atoms with van der Waals surface area (Å²) < 4.78 is 5.90. The number of rotatable bonds is 4. The number of carbonyl (C=O) groups excluding carboxylic acids is 1. The summed E-state index contributed by atoms with van der Waals surface area (Å²) in [6.07, 6.45) is 0. The third-order valence-electron chi connectivity index (χ3n) is 2.75. The molecule has 19 heavy (non-hydrogen) atoms. The molecule has 0 saturated heterocycles. The molecule has 2 aromatic rings. The summed E-state index contributed by atoms with van der Waals surface area (Å²) in [5.41, 5.74) is 0.902. The smallest absolute Gasteiger partial charge is 0.320 e. The van der Waals surface area contributed by atoms with E-state index in [1.54, 1.807) is 12.1 Å². The van der Waals surface area contributed by atoms with Crippen molar-refractivity contribution in [2.24, 2.45) is 0 Å². The third kappa shape index (κ3) is 3.50. The molecule has 0 aliphatic carbocycles. The van der Waals surface area contributed by atoms with Crippen molar-refractivity contribution in [1.29, 1.82) is 0 Å². The quantitative estimate of drug-likeness (QED) is 0.410. The maximum absolute atomic E-state index is 11.7. The molecule has 1 unspecified atom stereocenters. The SMILES string of the molecule is O=C(OCc1cccc2c(O)cccc12)C(I)CI. The topological polar surface area (TPSA) is 46.5 Å². The molecule has 100 valence electrons. The molecule has 0 fully saturated rings. The molecule has 5 heteroatoms. The fourth-order valence-electron chi connectivity index (χ4n) is 1.79. The molecular weight excluding hydrogens is 470 g/mol. The first-order chi connectivity index (χ1) is 9.13. The Morgan fingerprint density at radius 3 is 2.63 bits per heavy atom. The Morgan fingerprint density at radius 1 is 1.21 bits per heavy atom. The predicted molar refractivity (Wildman–Crippen MR) is 92.1 cm³/mol. The number of phenols is 1. The number of phenolic OH excluding ortho intramolecular Hbond substituents is 1. The van der Waals surface area contributed by atoms with Crippen LogP contribution in [0.4, 0.5) is 0 Å². The lowest BCUT2D eigenvalue weighted by Crippen LogP contribution is -2.18. The number of fused-ring (bicyclic) bond motifs is 1. The average molecular weight is 482 g/mol. The lowest BCUT2D eigenvalue weighted by atomic mass is 10.0. The van der Waals surface area contributed by atoms with E-state index >= 15 is 0 Å². The number of aromatic hydroxyl groups is 1. The van der Waals surface area contributed by atoms with E-state index in [4.69, 9.17) is 4.74 Å². The van der Waals surface area contributed by atoms with E-state index < -0.39 is 0 Å². The van der Waals surface area contributed by atoms with Crippen LogP contribution in [0.3, 0.4) is 0 Å². The molecule has 0 spiro atoms. The molecule has 0 amide bonds. The monoisotopic (exact) mass is 482 g/mol. The highest BCUT2D eigenvalue weighted by atomic mass is 127. The Kier molecular flexibility index (Phi) is 5.26. The Bertz CT molecular complexity index is 598. The van der Waals surface area contributed by atoms with Crippen molar-refractivity contribution < 1.29 is 14.6 Å². The fourth-order valence-corrected chi connectivity index (χ4v) is 2.33. The van der Waals surface area contributed by atoms with Crippen LogP contribution in [0.5, 0.6) is 5.75 Å². The van der Waals surface area contributed by atoms with Crippen molar-refractivity contribution in [3.63, 3.8) is 0 Å². The molecule has 0 aliphatic rings. The Morgan fingerprint density at radius 2 is 1.89 bits per heavy atom. The van der Waals surface area contributed by atoms with Gasteiger partial charge in [0, 0.05) is 9.81 Å². The van der Waals surface area contributed by atoms with Crippen molar-refractivity contribution in [3.8, 4) is 5.75 Å². The van der Waals surface area contributed by atoms with Crippen molar-refractivity contribution in [3.05, 3.63) is 42.0 Å². The maximum atomic E-state index is 11.7. The molecule has 2 rings (SSSR count). The van der Waals surface area contributed by atoms with Gasteiger partial charge in [-0.1, -0.05) is 75.5 Å². The fraction of sp³-hybridized carbons (Fsp3) is 0.214. The number of alkyl halides is 2. The minimum atomic E-state index is -0.202. The lowest BCUT2D eigenvalue weighted by molar-refractivity contribution is -0.143. The molecule has 0 aromatic heterocycles. The van der Waals surface area contributed by atoms with Gasteiger partial charge in [0.15, 0.2) is 0 Å². The normalized spacial score (nSPS) is 12.3. The van der Waals surface area contributed by atoms with E-state index in [1.807, 2.05) is 24.3 Å². The highest BCUT2D eigenvalue weighted by Crippen LogP contribution is 2.27. The van der Waals surface area contributed by atoms with Gasteiger partial charge in [-0.25, -0.2) is 0 Å².